The van der Waals surface area contributed by atoms with Gasteiger partial charge in [0.2, 0.25) is 0 Å². The normalized spacial score (nSPS) is 11.2. The monoisotopic (exact) mass is 315 g/mol. The molecule has 0 aliphatic carbocycles. The van der Waals surface area contributed by atoms with Crippen LogP contribution in [0, 0.1) is 6.92 Å². The number of carbonyl (C=O) groups excluding carboxylic acids is 1. The highest BCUT2D eigenvalue weighted by molar-refractivity contribution is 6.01. The lowest BCUT2D eigenvalue weighted by Gasteiger charge is -2.02. The first-order valence-corrected chi connectivity index (χ1v) is 7.15. The van der Waals surface area contributed by atoms with Gasteiger partial charge in [-0.3, -0.25) is 19.5 Å². The van der Waals surface area contributed by atoms with Gasteiger partial charge >= 0.3 is 6.01 Å². The van der Waals surface area contributed by atoms with Crippen molar-refractivity contribution in [3.05, 3.63) is 29.7 Å². The predicted octanol–water partition coefficient (Wildman–Crippen LogP) is 1.81. The maximum absolute atomic E-state index is 12.1. The van der Waals surface area contributed by atoms with Crippen LogP contribution in [0.3, 0.4) is 0 Å². The molecule has 9 nitrogen and oxygen atoms in total. The van der Waals surface area contributed by atoms with Gasteiger partial charge in [0.05, 0.1) is 0 Å². The van der Waals surface area contributed by atoms with E-state index in [2.05, 4.69) is 25.7 Å². The number of aromatic nitrogens is 6. The molecule has 9 heteroatoms. The van der Waals surface area contributed by atoms with Gasteiger partial charge in [0.15, 0.2) is 5.69 Å². The Balaban J connectivity index is 1.75. The topological polar surface area (TPSA) is 104 Å². The number of aryl methyl sites for hydroxylation is 2. The van der Waals surface area contributed by atoms with Crippen molar-refractivity contribution in [3.63, 3.8) is 0 Å². The predicted molar refractivity (Wildman–Crippen MR) is 81.8 cm³/mol. The lowest BCUT2D eigenvalue weighted by Crippen LogP contribution is -2.13. The second-order valence-corrected chi connectivity index (χ2v) is 5.44. The summed E-state index contributed by atoms with van der Waals surface area (Å²) in [5, 5.41) is 18.7. The summed E-state index contributed by atoms with van der Waals surface area (Å²) >= 11 is 0. The molecule has 0 radical (unpaired) electrons. The Morgan fingerprint density at radius 2 is 2.09 bits per heavy atom. The zero-order valence-corrected chi connectivity index (χ0v) is 13.3. The van der Waals surface area contributed by atoms with E-state index in [1.807, 2.05) is 27.0 Å². The average Bonchev–Trinajstić information content (AvgIpc) is 3.19. The molecule has 3 heterocycles. The van der Waals surface area contributed by atoms with Crippen LogP contribution in [0.4, 0.5) is 6.01 Å². The standard InChI is InChI=1S/C14H17N7O2/c1-8(2)21-6-5-10(19-21)13-16-17-14(23-13)15-12(22)11-7-9(3)20(4)18-11/h5-8H,1-4H3,(H,15,17,22). The summed E-state index contributed by atoms with van der Waals surface area (Å²) in [6.07, 6.45) is 1.83. The average molecular weight is 315 g/mol. The van der Waals surface area contributed by atoms with E-state index in [0.717, 1.165) is 5.69 Å². The minimum atomic E-state index is -0.406. The van der Waals surface area contributed by atoms with Crippen LogP contribution >= 0.6 is 0 Å². The molecule has 3 aromatic heterocycles. The minimum absolute atomic E-state index is 0.00685. The van der Waals surface area contributed by atoms with Crippen LogP contribution in [0.5, 0.6) is 0 Å². The molecular weight excluding hydrogens is 298 g/mol. The molecule has 0 saturated carbocycles. The molecule has 3 rings (SSSR count). The van der Waals surface area contributed by atoms with E-state index in [1.165, 1.54) is 0 Å². The van der Waals surface area contributed by atoms with Crippen molar-refractivity contribution in [2.45, 2.75) is 26.8 Å². The van der Waals surface area contributed by atoms with E-state index in [4.69, 9.17) is 4.42 Å². The van der Waals surface area contributed by atoms with Gasteiger partial charge < -0.3 is 4.42 Å². The molecular formula is C14H17N7O2. The minimum Gasteiger partial charge on any atom is -0.401 e. The van der Waals surface area contributed by atoms with Crippen molar-refractivity contribution in [3.8, 4) is 11.6 Å². The molecule has 0 spiro atoms. The molecule has 23 heavy (non-hydrogen) atoms. The fourth-order valence-corrected chi connectivity index (χ4v) is 1.95. The Kier molecular flexibility index (Phi) is 3.68. The van der Waals surface area contributed by atoms with Crippen molar-refractivity contribution >= 4 is 11.9 Å². The highest BCUT2D eigenvalue weighted by Crippen LogP contribution is 2.19. The summed E-state index contributed by atoms with van der Waals surface area (Å²) in [5.41, 5.74) is 1.72. The zero-order valence-electron chi connectivity index (χ0n) is 13.3. The van der Waals surface area contributed by atoms with E-state index in [-0.39, 0.29) is 23.6 Å². The van der Waals surface area contributed by atoms with Crippen molar-refractivity contribution in [2.75, 3.05) is 5.32 Å². The third-order valence-electron chi connectivity index (χ3n) is 3.35. The lowest BCUT2D eigenvalue weighted by atomic mass is 10.3. The summed E-state index contributed by atoms with van der Waals surface area (Å²) < 4.78 is 8.83. The molecule has 1 amide bonds. The zero-order chi connectivity index (χ0) is 16.6. The molecule has 0 aromatic carbocycles. The number of amides is 1. The Hall–Kier alpha value is -2.97. The highest BCUT2D eigenvalue weighted by Gasteiger charge is 2.17. The van der Waals surface area contributed by atoms with Crippen molar-refractivity contribution in [2.24, 2.45) is 7.05 Å². The molecule has 1 N–H and O–H groups in total. The molecule has 120 valence electrons. The Morgan fingerprint density at radius 3 is 2.70 bits per heavy atom. The first kappa shape index (κ1) is 14.9. The van der Waals surface area contributed by atoms with Crippen LogP contribution in [0.25, 0.3) is 11.6 Å². The first-order chi connectivity index (χ1) is 10.9. The van der Waals surface area contributed by atoms with Crippen molar-refractivity contribution < 1.29 is 9.21 Å². The summed E-state index contributed by atoms with van der Waals surface area (Å²) in [4.78, 5) is 12.1. The van der Waals surface area contributed by atoms with Crippen LogP contribution in [0.1, 0.15) is 36.1 Å². The maximum atomic E-state index is 12.1. The third-order valence-corrected chi connectivity index (χ3v) is 3.35. The second-order valence-electron chi connectivity index (χ2n) is 5.44. The van der Waals surface area contributed by atoms with E-state index >= 15 is 0 Å². The van der Waals surface area contributed by atoms with Gasteiger partial charge in [0, 0.05) is 25.0 Å². The summed E-state index contributed by atoms with van der Waals surface area (Å²) in [6, 6.07) is 3.70. The van der Waals surface area contributed by atoms with Gasteiger partial charge in [-0.2, -0.15) is 10.2 Å². The number of anilines is 1. The quantitative estimate of drug-likeness (QED) is 0.787. The maximum Gasteiger partial charge on any atom is 0.322 e. The highest BCUT2D eigenvalue weighted by atomic mass is 16.4. The molecule has 0 fully saturated rings. The number of rotatable bonds is 4. The van der Waals surface area contributed by atoms with Crippen LogP contribution in [0.15, 0.2) is 22.7 Å². The number of nitrogens with one attached hydrogen (secondary N) is 1. The van der Waals surface area contributed by atoms with Crippen LogP contribution < -0.4 is 5.32 Å². The van der Waals surface area contributed by atoms with E-state index in [9.17, 15) is 4.79 Å². The van der Waals surface area contributed by atoms with Gasteiger partial charge in [-0.25, -0.2) is 0 Å². The van der Waals surface area contributed by atoms with Crippen molar-refractivity contribution in [1.82, 2.24) is 29.8 Å². The summed E-state index contributed by atoms with van der Waals surface area (Å²) in [5.74, 6) is -0.159. The van der Waals surface area contributed by atoms with Gasteiger partial charge in [-0.1, -0.05) is 5.10 Å². The lowest BCUT2D eigenvalue weighted by molar-refractivity contribution is 0.101. The van der Waals surface area contributed by atoms with Crippen LogP contribution in [-0.2, 0) is 7.05 Å². The van der Waals surface area contributed by atoms with Crippen LogP contribution in [0.2, 0.25) is 0 Å². The summed E-state index contributed by atoms with van der Waals surface area (Å²) in [7, 11) is 1.77. The second kappa shape index (κ2) is 5.67. The molecule has 0 atom stereocenters. The number of nitrogens with zero attached hydrogens (tertiary/aromatic N) is 6. The number of hydrogen-bond acceptors (Lipinski definition) is 6. The SMILES string of the molecule is Cc1cc(C(=O)Nc2nnc(-c3ccn(C(C)C)n3)o2)nn1C. The van der Waals surface area contributed by atoms with E-state index in [1.54, 1.807) is 28.5 Å². The molecule has 0 saturated heterocycles. The van der Waals surface area contributed by atoms with Gasteiger partial charge in [-0.05, 0) is 32.9 Å². The fourth-order valence-electron chi connectivity index (χ4n) is 1.95. The molecule has 3 aromatic rings. The Labute approximate surface area is 132 Å². The molecule has 0 unspecified atom stereocenters. The molecule has 0 bridgehead atoms. The Morgan fingerprint density at radius 1 is 1.30 bits per heavy atom. The smallest absolute Gasteiger partial charge is 0.322 e. The largest absolute Gasteiger partial charge is 0.401 e. The molecule has 0 aliphatic heterocycles. The first-order valence-electron chi connectivity index (χ1n) is 7.15. The van der Waals surface area contributed by atoms with Crippen LogP contribution in [-0.4, -0.2) is 35.7 Å². The van der Waals surface area contributed by atoms with Crippen molar-refractivity contribution in [1.29, 1.82) is 0 Å². The fraction of sp³-hybridized carbons (Fsp3) is 0.357. The number of hydrogen-bond donors (Lipinski definition) is 1. The third kappa shape index (κ3) is 2.98. The van der Waals surface area contributed by atoms with E-state index in [0.29, 0.717) is 5.69 Å². The van der Waals surface area contributed by atoms with Gasteiger partial charge in [-0.15, -0.1) is 5.10 Å². The Bertz CT molecular complexity index is 824. The van der Waals surface area contributed by atoms with Gasteiger partial charge in [0.1, 0.15) is 5.69 Å². The van der Waals surface area contributed by atoms with Gasteiger partial charge in [0.25, 0.3) is 11.8 Å². The number of carbonyl (C=O) groups is 1. The molecule has 0 aliphatic rings. The summed E-state index contributed by atoms with van der Waals surface area (Å²) in [6.45, 7) is 5.90. The van der Waals surface area contributed by atoms with E-state index < -0.39 is 5.91 Å².